The van der Waals surface area contributed by atoms with Crippen molar-refractivity contribution < 1.29 is 13.9 Å². The largest absolute Gasteiger partial charge is 0.497 e. The van der Waals surface area contributed by atoms with Crippen LogP contribution < -0.4 is 9.64 Å². The summed E-state index contributed by atoms with van der Waals surface area (Å²) in [6.45, 7) is 3.37. The van der Waals surface area contributed by atoms with Crippen molar-refractivity contribution in [2.24, 2.45) is 0 Å². The van der Waals surface area contributed by atoms with E-state index < -0.39 is 0 Å². The molecule has 3 heterocycles. The summed E-state index contributed by atoms with van der Waals surface area (Å²) in [5, 5.41) is 6.75. The Hall–Kier alpha value is -3.42. The van der Waals surface area contributed by atoms with Gasteiger partial charge in [0.05, 0.1) is 13.3 Å². The van der Waals surface area contributed by atoms with Crippen LogP contribution in [0.5, 0.6) is 5.75 Å². The van der Waals surface area contributed by atoms with Crippen molar-refractivity contribution in [3.8, 4) is 16.9 Å². The van der Waals surface area contributed by atoms with E-state index in [1.165, 1.54) is 19.2 Å². The molecule has 8 heteroatoms. The fraction of sp³-hybridized carbons (Fsp3) is 0.250. The number of rotatable bonds is 5. The molecule has 2 amide bonds. The molecule has 2 aromatic heterocycles. The molecule has 1 saturated heterocycles. The first kappa shape index (κ1) is 18.0. The smallest absolute Gasteiger partial charge is 0.326 e. The standard InChI is InChI=1S/C20H20FN5O2/c1-13-5-19(22-11-18(13)15-9-23-24-10-15)26-4-3-25(20(26)27)12-14-6-16(21)8-17(7-14)28-2/h5-11H,3-4,12H2,1-2H3,(H,23,24). The summed E-state index contributed by atoms with van der Waals surface area (Å²) in [7, 11) is 1.49. The van der Waals surface area contributed by atoms with Crippen LogP contribution >= 0.6 is 0 Å². The molecule has 28 heavy (non-hydrogen) atoms. The Kier molecular flexibility index (Phi) is 4.68. The van der Waals surface area contributed by atoms with Gasteiger partial charge < -0.3 is 9.64 Å². The second kappa shape index (κ2) is 7.30. The molecule has 1 N–H and O–H groups in total. The lowest BCUT2D eigenvalue weighted by Gasteiger charge is -2.19. The summed E-state index contributed by atoms with van der Waals surface area (Å²) in [4.78, 5) is 20.6. The zero-order valence-corrected chi connectivity index (χ0v) is 15.6. The number of urea groups is 1. The maximum Gasteiger partial charge on any atom is 0.326 e. The summed E-state index contributed by atoms with van der Waals surface area (Å²) >= 11 is 0. The molecule has 0 saturated carbocycles. The number of amides is 2. The third kappa shape index (κ3) is 3.40. The molecule has 1 aromatic carbocycles. The third-order valence-corrected chi connectivity index (χ3v) is 4.82. The lowest BCUT2D eigenvalue weighted by molar-refractivity contribution is 0.218. The van der Waals surface area contributed by atoms with E-state index in [0.717, 1.165) is 16.7 Å². The van der Waals surface area contributed by atoms with Crippen LogP contribution in [0.3, 0.4) is 0 Å². The number of nitrogens with zero attached hydrogens (tertiary/aromatic N) is 4. The minimum Gasteiger partial charge on any atom is -0.497 e. The van der Waals surface area contributed by atoms with Gasteiger partial charge in [-0.2, -0.15) is 5.10 Å². The second-order valence-electron chi connectivity index (χ2n) is 6.70. The van der Waals surface area contributed by atoms with Crippen LogP contribution in [-0.4, -0.2) is 46.3 Å². The molecule has 1 aliphatic heterocycles. The molecular formula is C20H20FN5O2. The number of aryl methyl sites for hydroxylation is 1. The number of aromatic amines is 1. The van der Waals surface area contributed by atoms with Crippen LogP contribution in [0.25, 0.3) is 11.1 Å². The minimum atomic E-state index is -0.384. The van der Waals surface area contributed by atoms with Crippen LogP contribution in [0.15, 0.2) is 42.9 Å². The predicted molar refractivity (Wildman–Crippen MR) is 103 cm³/mol. The monoisotopic (exact) mass is 381 g/mol. The van der Waals surface area contributed by atoms with Gasteiger partial charge in [0.2, 0.25) is 0 Å². The molecule has 0 bridgehead atoms. The number of carbonyl (C=O) groups excluding carboxylic acids is 1. The van der Waals surface area contributed by atoms with Gasteiger partial charge in [-0.25, -0.2) is 14.2 Å². The SMILES string of the molecule is COc1cc(F)cc(CN2CCN(c3cc(C)c(-c4cn[nH]c4)cn3)C2=O)c1. The molecule has 0 spiro atoms. The number of nitrogens with one attached hydrogen (secondary N) is 1. The number of anilines is 1. The van der Waals surface area contributed by atoms with Gasteiger partial charge in [0.25, 0.3) is 0 Å². The number of carbonyl (C=O) groups is 1. The quantitative estimate of drug-likeness (QED) is 0.735. The number of ether oxygens (including phenoxy) is 1. The van der Waals surface area contributed by atoms with Crippen molar-refractivity contribution >= 4 is 11.8 Å². The topological polar surface area (TPSA) is 74.3 Å². The zero-order chi connectivity index (χ0) is 19.7. The van der Waals surface area contributed by atoms with Crippen LogP contribution in [0, 0.1) is 12.7 Å². The van der Waals surface area contributed by atoms with Crippen molar-refractivity contribution in [1.29, 1.82) is 0 Å². The minimum absolute atomic E-state index is 0.147. The lowest BCUT2D eigenvalue weighted by atomic mass is 10.1. The van der Waals surface area contributed by atoms with E-state index in [4.69, 9.17) is 4.74 Å². The number of methoxy groups -OCH3 is 1. The number of halogens is 1. The first-order valence-corrected chi connectivity index (χ1v) is 8.91. The van der Waals surface area contributed by atoms with Gasteiger partial charge in [-0.05, 0) is 36.2 Å². The van der Waals surface area contributed by atoms with Crippen LogP contribution in [0.4, 0.5) is 15.0 Å². The Balaban J connectivity index is 1.51. The Labute approximate surface area is 161 Å². The lowest BCUT2D eigenvalue weighted by Crippen LogP contribution is -2.32. The van der Waals surface area contributed by atoms with Gasteiger partial charge in [-0.15, -0.1) is 0 Å². The van der Waals surface area contributed by atoms with Gasteiger partial charge in [-0.3, -0.25) is 10.00 Å². The number of H-pyrrole nitrogens is 1. The fourth-order valence-electron chi connectivity index (χ4n) is 3.38. The molecule has 144 valence electrons. The Morgan fingerprint density at radius 3 is 2.79 bits per heavy atom. The van der Waals surface area contributed by atoms with E-state index >= 15 is 0 Å². The molecule has 0 atom stereocenters. The van der Waals surface area contributed by atoms with E-state index in [0.29, 0.717) is 36.8 Å². The van der Waals surface area contributed by atoms with Gasteiger partial charge in [0.1, 0.15) is 17.4 Å². The maximum absolute atomic E-state index is 13.7. The highest BCUT2D eigenvalue weighted by atomic mass is 19.1. The first-order chi connectivity index (χ1) is 13.5. The highest BCUT2D eigenvalue weighted by molar-refractivity contribution is 5.93. The van der Waals surface area contributed by atoms with Gasteiger partial charge >= 0.3 is 6.03 Å². The Bertz CT molecular complexity index is 1010. The van der Waals surface area contributed by atoms with Crippen molar-refractivity contribution in [3.05, 3.63) is 59.8 Å². The van der Waals surface area contributed by atoms with Crippen molar-refractivity contribution in [1.82, 2.24) is 20.1 Å². The summed E-state index contributed by atoms with van der Waals surface area (Å²) in [6, 6.07) is 6.22. The number of hydrogen-bond donors (Lipinski definition) is 1. The average molecular weight is 381 g/mol. The summed E-state index contributed by atoms with van der Waals surface area (Å²) in [6.07, 6.45) is 5.29. The fourth-order valence-corrected chi connectivity index (χ4v) is 3.38. The van der Waals surface area contributed by atoms with Crippen molar-refractivity contribution in [2.45, 2.75) is 13.5 Å². The summed E-state index contributed by atoms with van der Waals surface area (Å²) in [5.74, 6) is 0.657. The molecular weight excluding hydrogens is 361 g/mol. The second-order valence-corrected chi connectivity index (χ2v) is 6.70. The average Bonchev–Trinajstić information content (AvgIpc) is 3.32. The number of aromatic nitrogens is 3. The van der Waals surface area contributed by atoms with E-state index in [1.807, 2.05) is 13.0 Å². The summed E-state index contributed by atoms with van der Waals surface area (Å²) < 4.78 is 18.8. The van der Waals surface area contributed by atoms with E-state index in [1.54, 1.807) is 34.5 Å². The van der Waals surface area contributed by atoms with E-state index in [-0.39, 0.29) is 11.8 Å². The molecule has 1 fully saturated rings. The van der Waals surface area contributed by atoms with Crippen LogP contribution in [0.1, 0.15) is 11.1 Å². The molecule has 7 nitrogen and oxygen atoms in total. The first-order valence-electron chi connectivity index (χ1n) is 8.91. The van der Waals surface area contributed by atoms with E-state index in [9.17, 15) is 9.18 Å². The predicted octanol–water partition coefficient (Wildman–Crippen LogP) is 3.37. The number of hydrogen-bond acceptors (Lipinski definition) is 4. The number of benzene rings is 1. The molecule has 0 unspecified atom stereocenters. The highest BCUT2D eigenvalue weighted by Gasteiger charge is 2.30. The van der Waals surface area contributed by atoms with Gasteiger partial charge in [0.15, 0.2) is 0 Å². The Morgan fingerprint density at radius 2 is 2.07 bits per heavy atom. The Morgan fingerprint density at radius 1 is 1.21 bits per heavy atom. The highest BCUT2D eigenvalue weighted by Crippen LogP contribution is 2.27. The maximum atomic E-state index is 13.7. The molecule has 3 aromatic rings. The third-order valence-electron chi connectivity index (χ3n) is 4.82. The molecule has 0 aliphatic carbocycles. The summed E-state index contributed by atoms with van der Waals surface area (Å²) in [5.41, 5.74) is 3.61. The van der Waals surface area contributed by atoms with Gasteiger partial charge in [-0.1, -0.05) is 0 Å². The zero-order valence-electron chi connectivity index (χ0n) is 15.6. The normalized spacial score (nSPS) is 14.0. The van der Waals surface area contributed by atoms with Crippen molar-refractivity contribution in [2.75, 3.05) is 25.1 Å². The van der Waals surface area contributed by atoms with E-state index in [2.05, 4.69) is 15.2 Å². The van der Waals surface area contributed by atoms with Crippen LogP contribution in [-0.2, 0) is 6.54 Å². The molecule has 0 radical (unpaired) electrons. The molecule has 4 rings (SSSR count). The van der Waals surface area contributed by atoms with Crippen LogP contribution in [0.2, 0.25) is 0 Å². The van der Waals surface area contributed by atoms with Gasteiger partial charge in [0, 0.05) is 49.2 Å². The molecule has 1 aliphatic rings. The van der Waals surface area contributed by atoms with Crippen molar-refractivity contribution in [3.63, 3.8) is 0 Å². The number of pyridine rings is 1.